The number of aromatic nitrogens is 2. The average molecular weight is 473 g/mol. The maximum atomic E-state index is 13.9. The van der Waals surface area contributed by atoms with Gasteiger partial charge in [0.25, 0.3) is 5.91 Å². The molecule has 3 heterocycles. The number of benzene rings is 2. The number of aromatic amines is 1. The van der Waals surface area contributed by atoms with Crippen molar-refractivity contribution < 1.29 is 13.9 Å². The van der Waals surface area contributed by atoms with E-state index >= 15 is 0 Å². The number of morpholine rings is 1. The summed E-state index contributed by atoms with van der Waals surface area (Å²) >= 11 is 0. The Kier molecular flexibility index (Phi) is 5.44. The Labute approximate surface area is 203 Å². The second kappa shape index (κ2) is 8.64. The van der Waals surface area contributed by atoms with Crippen molar-refractivity contribution >= 4 is 33.5 Å². The van der Waals surface area contributed by atoms with Crippen LogP contribution in [0.15, 0.2) is 42.5 Å². The molecule has 1 amide bonds. The molecule has 4 aromatic rings. The van der Waals surface area contributed by atoms with Crippen molar-refractivity contribution in [1.29, 1.82) is 0 Å². The number of halogens is 1. The first-order valence-corrected chi connectivity index (χ1v) is 12.3. The van der Waals surface area contributed by atoms with Gasteiger partial charge in [0.15, 0.2) is 0 Å². The van der Waals surface area contributed by atoms with E-state index < -0.39 is 0 Å². The number of nitrogens with one attached hydrogen (secondary N) is 1. The Balaban J connectivity index is 1.39. The van der Waals surface area contributed by atoms with E-state index in [1.807, 2.05) is 23.1 Å². The Morgan fingerprint density at radius 2 is 1.94 bits per heavy atom. The topological polar surface area (TPSA) is 61.5 Å². The molecule has 2 aliphatic rings. The van der Waals surface area contributed by atoms with Gasteiger partial charge in [-0.15, -0.1) is 0 Å². The SMILES string of the molecule is Cc1[nH]c2ccc(C(=O)N(Cc3cc4ccc(F)cc4nc3N3CCOCC3)C3CC3)cc2c1C. The Hall–Kier alpha value is -3.45. The molecule has 0 atom stereocenters. The summed E-state index contributed by atoms with van der Waals surface area (Å²) in [6.07, 6.45) is 2.02. The van der Waals surface area contributed by atoms with E-state index in [0.717, 1.165) is 59.3 Å². The minimum atomic E-state index is -0.300. The van der Waals surface area contributed by atoms with Crippen molar-refractivity contribution in [3.8, 4) is 0 Å². The van der Waals surface area contributed by atoms with Gasteiger partial charge in [-0.2, -0.15) is 0 Å². The number of carbonyl (C=O) groups is 1. The number of hydrogen-bond donors (Lipinski definition) is 1. The van der Waals surface area contributed by atoms with Crippen LogP contribution in [-0.2, 0) is 11.3 Å². The van der Waals surface area contributed by atoms with E-state index in [2.05, 4.69) is 29.8 Å². The van der Waals surface area contributed by atoms with Crippen molar-refractivity contribution in [2.24, 2.45) is 0 Å². The lowest BCUT2D eigenvalue weighted by molar-refractivity contribution is 0.0729. The lowest BCUT2D eigenvalue weighted by atomic mass is 10.1. The molecule has 180 valence electrons. The van der Waals surface area contributed by atoms with E-state index in [9.17, 15) is 9.18 Å². The van der Waals surface area contributed by atoms with Crippen LogP contribution >= 0.6 is 0 Å². The lowest BCUT2D eigenvalue weighted by Gasteiger charge is -2.31. The molecule has 7 heteroatoms. The molecule has 1 saturated carbocycles. The molecule has 2 aromatic heterocycles. The van der Waals surface area contributed by atoms with Gasteiger partial charge in [-0.3, -0.25) is 4.79 Å². The smallest absolute Gasteiger partial charge is 0.254 e. The molecular formula is C28H29FN4O2. The summed E-state index contributed by atoms with van der Waals surface area (Å²) in [6.45, 7) is 7.31. The van der Waals surface area contributed by atoms with Gasteiger partial charge in [0.05, 0.1) is 18.7 Å². The molecule has 0 spiro atoms. The largest absolute Gasteiger partial charge is 0.378 e. The number of pyridine rings is 1. The van der Waals surface area contributed by atoms with E-state index in [1.165, 1.54) is 17.7 Å². The molecule has 0 unspecified atom stereocenters. The van der Waals surface area contributed by atoms with Crippen LogP contribution in [0.2, 0.25) is 0 Å². The van der Waals surface area contributed by atoms with Crippen LogP contribution in [-0.4, -0.2) is 53.1 Å². The Morgan fingerprint density at radius 3 is 2.71 bits per heavy atom. The zero-order valence-corrected chi connectivity index (χ0v) is 20.1. The van der Waals surface area contributed by atoms with Crippen LogP contribution in [0.3, 0.4) is 0 Å². The number of anilines is 1. The summed E-state index contributed by atoms with van der Waals surface area (Å²) in [5.74, 6) is 0.559. The molecule has 1 saturated heterocycles. The van der Waals surface area contributed by atoms with Gasteiger partial charge in [-0.05, 0) is 68.7 Å². The fourth-order valence-corrected chi connectivity index (χ4v) is 5.04. The fraction of sp³-hybridized carbons (Fsp3) is 0.357. The molecule has 2 aromatic carbocycles. The number of aryl methyl sites for hydroxylation is 2. The number of rotatable bonds is 5. The average Bonchev–Trinajstić information content (AvgIpc) is 3.68. The first-order chi connectivity index (χ1) is 17.0. The molecule has 1 aliphatic heterocycles. The highest BCUT2D eigenvalue weighted by atomic mass is 19.1. The number of fused-ring (bicyclic) bond motifs is 2. The standard InChI is InChI=1S/C28H29FN4O2/c1-17-18(2)30-25-8-4-20(14-24(17)25)28(34)33(23-6-7-23)16-21-13-19-3-5-22(29)15-26(19)31-27(21)32-9-11-35-12-10-32/h3-5,8,13-15,23,30H,6-7,9-12,16H2,1-2H3. The van der Waals surface area contributed by atoms with E-state index in [0.29, 0.717) is 30.8 Å². The second-order valence-electron chi connectivity index (χ2n) is 9.71. The van der Waals surface area contributed by atoms with Gasteiger partial charge in [0.1, 0.15) is 11.6 Å². The van der Waals surface area contributed by atoms with Gasteiger partial charge in [0.2, 0.25) is 0 Å². The van der Waals surface area contributed by atoms with E-state index in [4.69, 9.17) is 9.72 Å². The molecule has 6 rings (SSSR count). The van der Waals surface area contributed by atoms with E-state index in [1.54, 1.807) is 6.07 Å². The monoisotopic (exact) mass is 472 g/mol. The predicted octanol–water partition coefficient (Wildman–Crippen LogP) is 5.11. The van der Waals surface area contributed by atoms with Gasteiger partial charge >= 0.3 is 0 Å². The zero-order chi connectivity index (χ0) is 24.1. The Morgan fingerprint density at radius 1 is 1.14 bits per heavy atom. The van der Waals surface area contributed by atoms with Crippen molar-refractivity contribution in [1.82, 2.24) is 14.9 Å². The molecule has 35 heavy (non-hydrogen) atoms. The summed E-state index contributed by atoms with van der Waals surface area (Å²) in [7, 11) is 0. The first-order valence-electron chi connectivity index (χ1n) is 12.3. The van der Waals surface area contributed by atoms with Crippen LogP contribution in [0.25, 0.3) is 21.8 Å². The van der Waals surface area contributed by atoms with Crippen LogP contribution in [0, 0.1) is 19.7 Å². The van der Waals surface area contributed by atoms with Crippen LogP contribution < -0.4 is 4.90 Å². The molecule has 1 N–H and O–H groups in total. The molecular weight excluding hydrogens is 443 g/mol. The quantitative estimate of drug-likeness (QED) is 0.438. The summed E-state index contributed by atoms with van der Waals surface area (Å²) in [6, 6.07) is 12.9. The third-order valence-corrected chi connectivity index (χ3v) is 7.29. The summed E-state index contributed by atoms with van der Waals surface area (Å²) < 4.78 is 19.5. The highest BCUT2D eigenvalue weighted by Crippen LogP contribution is 2.34. The summed E-state index contributed by atoms with van der Waals surface area (Å²) in [5.41, 5.74) is 5.67. The molecule has 0 bridgehead atoms. The lowest BCUT2D eigenvalue weighted by Crippen LogP contribution is -2.38. The third-order valence-electron chi connectivity index (χ3n) is 7.29. The first kappa shape index (κ1) is 22.0. The fourth-order valence-electron chi connectivity index (χ4n) is 5.04. The number of ether oxygens (including phenoxy) is 1. The van der Waals surface area contributed by atoms with Crippen LogP contribution in [0.1, 0.15) is 40.0 Å². The van der Waals surface area contributed by atoms with Crippen molar-refractivity contribution in [3.63, 3.8) is 0 Å². The molecule has 1 aliphatic carbocycles. The van der Waals surface area contributed by atoms with E-state index in [-0.39, 0.29) is 17.8 Å². The number of hydrogen-bond acceptors (Lipinski definition) is 4. The Bertz CT molecular complexity index is 1440. The predicted molar refractivity (Wildman–Crippen MR) is 135 cm³/mol. The van der Waals surface area contributed by atoms with Gasteiger partial charge in [0, 0.05) is 64.9 Å². The minimum absolute atomic E-state index is 0.0415. The number of amides is 1. The van der Waals surface area contributed by atoms with Gasteiger partial charge < -0.3 is 19.5 Å². The molecule has 6 nitrogen and oxygen atoms in total. The van der Waals surface area contributed by atoms with Gasteiger partial charge in [-0.1, -0.05) is 0 Å². The normalized spacial score (nSPS) is 16.3. The summed E-state index contributed by atoms with van der Waals surface area (Å²) in [4.78, 5) is 26.2. The highest BCUT2D eigenvalue weighted by Gasteiger charge is 2.34. The number of nitrogens with zero attached hydrogens (tertiary/aromatic N) is 3. The van der Waals surface area contributed by atoms with Crippen molar-refractivity contribution in [2.45, 2.75) is 39.3 Å². The highest BCUT2D eigenvalue weighted by molar-refractivity contribution is 5.99. The zero-order valence-electron chi connectivity index (χ0n) is 20.1. The van der Waals surface area contributed by atoms with Crippen molar-refractivity contribution in [2.75, 3.05) is 31.2 Å². The maximum Gasteiger partial charge on any atom is 0.254 e. The number of H-pyrrole nitrogens is 1. The third kappa shape index (κ3) is 4.14. The molecule has 0 radical (unpaired) electrons. The minimum Gasteiger partial charge on any atom is -0.378 e. The van der Waals surface area contributed by atoms with Crippen molar-refractivity contribution in [3.05, 3.63) is 70.7 Å². The van der Waals surface area contributed by atoms with Crippen LogP contribution in [0.4, 0.5) is 10.2 Å². The van der Waals surface area contributed by atoms with Gasteiger partial charge in [-0.25, -0.2) is 9.37 Å². The maximum absolute atomic E-state index is 13.9. The summed E-state index contributed by atoms with van der Waals surface area (Å²) in [5, 5.41) is 1.97. The second-order valence-corrected chi connectivity index (χ2v) is 9.71. The molecule has 2 fully saturated rings. The van der Waals surface area contributed by atoms with Crippen LogP contribution in [0.5, 0.6) is 0 Å². The number of carbonyl (C=O) groups excluding carboxylic acids is 1.